The normalized spacial score (nSPS) is 10.6. The molecule has 0 saturated carbocycles. The maximum absolute atomic E-state index is 11.4. The van der Waals surface area contributed by atoms with Crippen LogP contribution in [0.15, 0.2) is 30.5 Å². The number of anilines is 1. The van der Waals surface area contributed by atoms with E-state index >= 15 is 0 Å². The van der Waals surface area contributed by atoms with E-state index in [2.05, 4.69) is 10.2 Å². The smallest absolute Gasteiger partial charge is 0.307 e. The third-order valence-electron chi connectivity index (χ3n) is 3.23. The zero-order valence-corrected chi connectivity index (χ0v) is 12.3. The van der Waals surface area contributed by atoms with E-state index < -0.39 is 0 Å². The molecule has 1 aromatic heterocycles. The molecule has 0 aliphatic rings. The van der Waals surface area contributed by atoms with Gasteiger partial charge in [-0.25, -0.2) is 0 Å². The third-order valence-corrected chi connectivity index (χ3v) is 3.23. The van der Waals surface area contributed by atoms with Gasteiger partial charge in [0.15, 0.2) is 5.82 Å². The SMILES string of the molecule is COCCN(CCC(=O)OC)c1nncc2ccccc12. The first-order valence-electron chi connectivity index (χ1n) is 6.77. The Morgan fingerprint density at radius 2 is 2.05 bits per heavy atom. The van der Waals surface area contributed by atoms with Gasteiger partial charge in [-0.3, -0.25) is 4.79 Å². The Balaban J connectivity index is 2.27. The molecule has 0 aliphatic heterocycles. The summed E-state index contributed by atoms with van der Waals surface area (Å²) in [7, 11) is 3.03. The number of esters is 1. The Bertz CT molecular complexity index is 598. The topological polar surface area (TPSA) is 64.5 Å². The highest BCUT2D eigenvalue weighted by Gasteiger charge is 2.14. The van der Waals surface area contributed by atoms with Gasteiger partial charge in [0.05, 0.1) is 26.3 Å². The minimum absolute atomic E-state index is 0.245. The van der Waals surface area contributed by atoms with Crippen LogP contribution in [0.3, 0.4) is 0 Å². The molecule has 0 aliphatic carbocycles. The van der Waals surface area contributed by atoms with Crippen LogP contribution in [0.1, 0.15) is 6.42 Å². The Labute approximate surface area is 123 Å². The lowest BCUT2D eigenvalue weighted by Crippen LogP contribution is -2.31. The summed E-state index contributed by atoms with van der Waals surface area (Å²) in [6.07, 6.45) is 2.03. The summed E-state index contributed by atoms with van der Waals surface area (Å²) in [4.78, 5) is 13.4. The van der Waals surface area contributed by atoms with E-state index in [-0.39, 0.29) is 5.97 Å². The molecule has 0 N–H and O–H groups in total. The van der Waals surface area contributed by atoms with Crippen LogP contribution in [-0.4, -0.2) is 50.1 Å². The van der Waals surface area contributed by atoms with E-state index in [1.807, 2.05) is 29.2 Å². The highest BCUT2D eigenvalue weighted by atomic mass is 16.5. The monoisotopic (exact) mass is 289 g/mol. The second kappa shape index (κ2) is 7.54. The third kappa shape index (κ3) is 3.88. The fourth-order valence-electron chi connectivity index (χ4n) is 2.10. The molecule has 1 aromatic carbocycles. The summed E-state index contributed by atoms with van der Waals surface area (Å²) in [5.41, 5.74) is 0. The van der Waals surface area contributed by atoms with Crippen molar-refractivity contribution in [2.24, 2.45) is 0 Å². The summed E-state index contributed by atoms with van der Waals surface area (Å²) < 4.78 is 9.83. The first-order chi connectivity index (χ1) is 10.3. The van der Waals surface area contributed by atoms with Gasteiger partial charge in [-0.1, -0.05) is 24.3 Å². The van der Waals surface area contributed by atoms with Crippen LogP contribution < -0.4 is 4.90 Å². The van der Waals surface area contributed by atoms with Crippen LogP contribution in [0, 0.1) is 0 Å². The number of hydrogen-bond acceptors (Lipinski definition) is 6. The van der Waals surface area contributed by atoms with Gasteiger partial charge in [0.1, 0.15) is 0 Å². The second-order valence-corrected chi connectivity index (χ2v) is 4.56. The van der Waals surface area contributed by atoms with E-state index in [0.29, 0.717) is 26.1 Å². The fourth-order valence-corrected chi connectivity index (χ4v) is 2.10. The number of methoxy groups -OCH3 is 2. The number of ether oxygens (including phenoxy) is 2. The van der Waals surface area contributed by atoms with Crippen LogP contribution in [0.5, 0.6) is 0 Å². The quantitative estimate of drug-likeness (QED) is 0.722. The number of carbonyl (C=O) groups excluding carboxylic acids is 1. The molecule has 0 spiro atoms. The molecular weight excluding hydrogens is 270 g/mol. The Morgan fingerprint density at radius 3 is 2.81 bits per heavy atom. The maximum Gasteiger partial charge on any atom is 0.307 e. The lowest BCUT2D eigenvalue weighted by Gasteiger charge is -2.23. The van der Waals surface area contributed by atoms with Crippen molar-refractivity contribution in [1.82, 2.24) is 10.2 Å². The number of hydrogen-bond donors (Lipinski definition) is 0. The van der Waals surface area contributed by atoms with E-state index in [4.69, 9.17) is 9.47 Å². The molecule has 1 heterocycles. The Hall–Kier alpha value is -2.21. The van der Waals surface area contributed by atoms with Crippen LogP contribution in [0.25, 0.3) is 10.8 Å². The van der Waals surface area contributed by atoms with E-state index in [1.54, 1.807) is 13.3 Å². The molecule has 6 nitrogen and oxygen atoms in total. The highest BCUT2D eigenvalue weighted by Crippen LogP contribution is 2.23. The van der Waals surface area contributed by atoms with Crippen molar-refractivity contribution in [3.8, 4) is 0 Å². The molecule has 0 unspecified atom stereocenters. The molecule has 0 amide bonds. The number of nitrogens with zero attached hydrogens (tertiary/aromatic N) is 3. The molecule has 21 heavy (non-hydrogen) atoms. The van der Waals surface area contributed by atoms with Gasteiger partial charge >= 0.3 is 5.97 Å². The zero-order chi connectivity index (χ0) is 15.1. The van der Waals surface area contributed by atoms with Crippen LogP contribution in [-0.2, 0) is 14.3 Å². The van der Waals surface area contributed by atoms with Crippen LogP contribution >= 0.6 is 0 Å². The van der Waals surface area contributed by atoms with E-state index in [0.717, 1.165) is 16.6 Å². The van der Waals surface area contributed by atoms with Gasteiger partial charge < -0.3 is 14.4 Å². The molecule has 0 saturated heterocycles. The lowest BCUT2D eigenvalue weighted by atomic mass is 10.2. The van der Waals surface area contributed by atoms with Crippen molar-refractivity contribution >= 4 is 22.6 Å². The van der Waals surface area contributed by atoms with Gasteiger partial charge in [-0.15, -0.1) is 5.10 Å². The first-order valence-corrected chi connectivity index (χ1v) is 6.77. The van der Waals surface area contributed by atoms with Gasteiger partial charge in [-0.2, -0.15) is 5.10 Å². The van der Waals surface area contributed by atoms with Crippen LogP contribution in [0.2, 0.25) is 0 Å². The van der Waals surface area contributed by atoms with E-state index in [9.17, 15) is 4.79 Å². The molecule has 0 atom stereocenters. The largest absolute Gasteiger partial charge is 0.469 e. The molecule has 2 rings (SSSR count). The predicted octanol–water partition coefficient (Wildman–Crippen LogP) is 1.65. The summed E-state index contributed by atoms with van der Waals surface area (Å²) in [5.74, 6) is 0.514. The summed E-state index contributed by atoms with van der Waals surface area (Å²) in [6.45, 7) is 1.70. The zero-order valence-electron chi connectivity index (χ0n) is 12.3. The fraction of sp³-hybridized carbons (Fsp3) is 0.400. The number of carbonyl (C=O) groups is 1. The average molecular weight is 289 g/mol. The molecule has 112 valence electrons. The van der Waals surface area contributed by atoms with Gasteiger partial charge in [0.25, 0.3) is 0 Å². The highest BCUT2D eigenvalue weighted by molar-refractivity contribution is 5.91. The Kier molecular flexibility index (Phi) is 5.45. The molecular formula is C15H19N3O3. The second-order valence-electron chi connectivity index (χ2n) is 4.56. The molecule has 0 bridgehead atoms. The minimum Gasteiger partial charge on any atom is -0.469 e. The molecule has 6 heteroatoms. The van der Waals surface area contributed by atoms with Crippen molar-refractivity contribution in [3.63, 3.8) is 0 Å². The van der Waals surface area contributed by atoms with Crippen LogP contribution in [0.4, 0.5) is 5.82 Å². The minimum atomic E-state index is -0.245. The van der Waals surface area contributed by atoms with Crippen molar-refractivity contribution in [3.05, 3.63) is 30.5 Å². The first kappa shape index (κ1) is 15.2. The molecule has 0 fully saturated rings. The number of fused-ring (bicyclic) bond motifs is 1. The Morgan fingerprint density at radius 1 is 1.24 bits per heavy atom. The standard InChI is InChI=1S/C15H19N3O3/c1-20-10-9-18(8-7-14(19)21-2)15-13-6-4-3-5-12(13)11-16-17-15/h3-6,11H,7-10H2,1-2H3. The van der Waals surface area contributed by atoms with Crippen molar-refractivity contribution < 1.29 is 14.3 Å². The summed E-state index contributed by atoms with van der Waals surface area (Å²) in [6, 6.07) is 7.91. The van der Waals surface area contributed by atoms with Crippen molar-refractivity contribution in [2.45, 2.75) is 6.42 Å². The lowest BCUT2D eigenvalue weighted by molar-refractivity contribution is -0.140. The van der Waals surface area contributed by atoms with Gasteiger partial charge in [-0.05, 0) is 0 Å². The maximum atomic E-state index is 11.4. The van der Waals surface area contributed by atoms with Gasteiger partial charge in [0.2, 0.25) is 0 Å². The number of benzene rings is 1. The average Bonchev–Trinajstić information content (AvgIpc) is 2.54. The molecule has 2 aromatic rings. The molecule has 0 radical (unpaired) electrons. The number of aromatic nitrogens is 2. The van der Waals surface area contributed by atoms with Gasteiger partial charge in [0, 0.05) is 31.0 Å². The predicted molar refractivity (Wildman–Crippen MR) is 80.3 cm³/mol. The number of rotatable bonds is 7. The van der Waals surface area contributed by atoms with Crippen molar-refractivity contribution in [2.75, 3.05) is 38.8 Å². The summed E-state index contributed by atoms with van der Waals surface area (Å²) in [5, 5.41) is 10.3. The summed E-state index contributed by atoms with van der Waals surface area (Å²) >= 11 is 0. The van der Waals surface area contributed by atoms with Crippen molar-refractivity contribution in [1.29, 1.82) is 0 Å². The van der Waals surface area contributed by atoms with E-state index in [1.165, 1.54) is 7.11 Å².